The molecular weight excluding hydrogens is 226 g/mol. The third-order valence-electron chi connectivity index (χ3n) is 2.89. The summed E-state index contributed by atoms with van der Waals surface area (Å²) in [5.41, 5.74) is 0.102. The van der Waals surface area contributed by atoms with E-state index in [9.17, 15) is 8.42 Å². The Morgan fingerprint density at radius 2 is 2.00 bits per heavy atom. The zero-order chi connectivity index (χ0) is 11.8. The maximum Gasteiger partial charge on any atom is 0.241 e. The summed E-state index contributed by atoms with van der Waals surface area (Å²) < 4.78 is 26.7. The highest BCUT2D eigenvalue weighted by Gasteiger charge is 2.45. The number of benzene rings is 1. The smallest absolute Gasteiger partial charge is 0.241 e. The van der Waals surface area contributed by atoms with Gasteiger partial charge in [0.25, 0.3) is 0 Å². The molecule has 5 heteroatoms. The third kappa shape index (κ3) is 2.11. The van der Waals surface area contributed by atoms with Crippen molar-refractivity contribution >= 4 is 10.0 Å². The average Bonchev–Trinajstić information content (AvgIpc) is 2.98. The number of nitrogens with one attached hydrogen (secondary N) is 1. The number of hydrogen-bond acceptors (Lipinski definition) is 3. The summed E-state index contributed by atoms with van der Waals surface area (Å²) in [5.74, 6) is 0. The van der Waals surface area contributed by atoms with Crippen molar-refractivity contribution in [1.82, 2.24) is 4.72 Å². The standard InChI is InChI=1S/C11H15NO3S/c1-9-4-2-3-5-10(9)16(14,15)12-11(8-13)6-7-11/h2-5,12-13H,6-8H2,1H3. The van der Waals surface area contributed by atoms with Crippen LogP contribution in [-0.4, -0.2) is 25.7 Å². The molecule has 2 rings (SSSR count). The van der Waals surface area contributed by atoms with Gasteiger partial charge >= 0.3 is 0 Å². The summed E-state index contributed by atoms with van der Waals surface area (Å²) in [5, 5.41) is 9.11. The number of aliphatic hydroxyl groups excluding tert-OH is 1. The molecule has 0 unspecified atom stereocenters. The summed E-state index contributed by atoms with van der Waals surface area (Å²) in [6.45, 7) is 1.62. The molecule has 1 aliphatic carbocycles. The fraction of sp³-hybridized carbons (Fsp3) is 0.455. The van der Waals surface area contributed by atoms with Gasteiger partial charge in [-0.15, -0.1) is 0 Å². The van der Waals surface area contributed by atoms with E-state index in [2.05, 4.69) is 4.72 Å². The van der Waals surface area contributed by atoms with Crippen molar-refractivity contribution in [2.24, 2.45) is 0 Å². The van der Waals surface area contributed by atoms with Crippen LogP contribution < -0.4 is 4.72 Å². The Kier molecular flexibility index (Phi) is 2.77. The first kappa shape index (κ1) is 11.6. The van der Waals surface area contributed by atoms with E-state index < -0.39 is 15.6 Å². The second kappa shape index (κ2) is 3.84. The maximum absolute atomic E-state index is 12.0. The summed E-state index contributed by atoms with van der Waals surface area (Å²) in [7, 11) is -3.51. The molecule has 1 aromatic rings. The number of aryl methyl sites for hydroxylation is 1. The molecule has 0 atom stereocenters. The van der Waals surface area contributed by atoms with Gasteiger partial charge < -0.3 is 5.11 Å². The van der Waals surface area contributed by atoms with Gasteiger partial charge in [-0.3, -0.25) is 0 Å². The minimum Gasteiger partial charge on any atom is -0.394 e. The van der Waals surface area contributed by atoms with E-state index in [1.165, 1.54) is 0 Å². The predicted molar refractivity (Wildman–Crippen MR) is 60.6 cm³/mol. The summed E-state index contributed by atoms with van der Waals surface area (Å²) in [6.07, 6.45) is 1.41. The Hall–Kier alpha value is -0.910. The van der Waals surface area contributed by atoms with Gasteiger partial charge in [0.15, 0.2) is 0 Å². The lowest BCUT2D eigenvalue weighted by atomic mass is 10.2. The van der Waals surface area contributed by atoms with Crippen LogP contribution in [-0.2, 0) is 10.0 Å². The van der Waals surface area contributed by atoms with Crippen LogP contribution in [0.25, 0.3) is 0 Å². The molecule has 1 aliphatic rings. The van der Waals surface area contributed by atoms with Crippen LogP contribution in [0.5, 0.6) is 0 Å². The topological polar surface area (TPSA) is 66.4 Å². The number of sulfonamides is 1. The minimum atomic E-state index is -3.51. The largest absolute Gasteiger partial charge is 0.394 e. The first-order valence-electron chi connectivity index (χ1n) is 5.20. The van der Waals surface area contributed by atoms with Crippen molar-refractivity contribution in [3.8, 4) is 0 Å². The van der Waals surface area contributed by atoms with Crippen LogP contribution >= 0.6 is 0 Å². The van der Waals surface area contributed by atoms with E-state index >= 15 is 0 Å². The zero-order valence-corrected chi connectivity index (χ0v) is 9.92. The van der Waals surface area contributed by atoms with Gasteiger partial charge in [0.2, 0.25) is 10.0 Å². The van der Waals surface area contributed by atoms with Gasteiger partial charge in [-0.05, 0) is 31.4 Å². The zero-order valence-electron chi connectivity index (χ0n) is 9.10. The molecule has 4 nitrogen and oxygen atoms in total. The molecule has 0 spiro atoms. The predicted octanol–water partition coefficient (Wildman–Crippen LogP) is 0.798. The van der Waals surface area contributed by atoms with Gasteiger partial charge in [-0.2, -0.15) is 0 Å². The molecule has 1 fully saturated rings. The maximum atomic E-state index is 12.0. The number of aliphatic hydroxyl groups is 1. The van der Waals surface area contributed by atoms with Crippen molar-refractivity contribution in [1.29, 1.82) is 0 Å². The van der Waals surface area contributed by atoms with Crippen LogP contribution in [0, 0.1) is 6.92 Å². The van der Waals surface area contributed by atoms with Crippen molar-refractivity contribution in [3.05, 3.63) is 29.8 Å². The van der Waals surface area contributed by atoms with Gasteiger partial charge in [-0.1, -0.05) is 18.2 Å². The van der Waals surface area contributed by atoms with Gasteiger partial charge in [0.05, 0.1) is 17.0 Å². The van der Waals surface area contributed by atoms with Crippen LogP contribution in [0.4, 0.5) is 0 Å². The second-order valence-corrected chi connectivity index (χ2v) is 5.96. The normalized spacial score (nSPS) is 18.4. The fourth-order valence-electron chi connectivity index (χ4n) is 1.64. The molecule has 1 aromatic carbocycles. The molecule has 2 N–H and O–H groups in total. The highest BCUT2D eigenvalue weighted by Crippen LogP contribution is 2.36. The highest BCUT2D eigenvalue weighted by molar-refractivity contribution is 7.89. The molecule has 88 valence electrons. The molecule has 0 radical (unpaired) electrons. The van der Waals surface area contributed by atoms with E-state index in [0.29, 0.717) is 18.4 Å². The third-order valence-corrected chi connectivity index (χ3v) is 4.63. The SMILES string of the molecule is Cc1ccccc1S(=O)(=O)NC1(CO)CC1. The Balaban J connectivity index is 2.30. The van der Waals surface area contributed by atoms with E-state index in [1.54, 1.807) is 31.2 Å². The van der Waals surface area contributed by atoms with E-state index in [1.807, 2.05) is 0 Å². The molecule has 0 amide bonds. The van der Waals surface area contributed by atoms with Crippen LogP contribution in [0.15, 0.2) is 29.2 Å². The molecule has 0 aromatic heterocycles. The van der Waals surface area contributed by atoms with Crippen molar-refractivity contribution in [3.63, 3.8) is 0 Å². The first-order valence-corrected chi connectivity index (χ1v) is 6.68. The molecule has 0 aliphatic heterocycles. The fourth-order valence-corrected chi connectivity index (χ4v) is 3.34. The monoisotopic (exact) mass is 241 g/mol. The number of rotatable bonds is 4. The minimum absolute atomic E-state index is 0.141. The Bertz CT molecular complexity index is 492. The quantitative estimate of drug-likeness (QED) is 0.819. The number of hydrogen-bond donors (Lipinski definition) is 2. The van der Waals surface area contributed by atoms with Crippen molar-refractivity contribution in [2.75, 3.05) is 6.61 Å². The lowest BCUT2D eigenvalue weighted by Crippen LogP contribution is -2.39. The molecule has 0 heterocycles. The first-order chi connectivity index (χ1) is 7.49. The van der Waals surface area contributed by atoms with Crippen LogP contribution in [0.3, 0.4) is 0 Å². The molecule has 1 saturated carbocycles. The summed E-state index contributed by atoms with van der Waals surface area (Å²) in [6, 6.07) is 6.82. The second-order valence-electron chi connectivity index (χ2n) is 4.31. The Morgan fingerprint density at radius 1 is 1.38 bits per heavy atom. The van der Waals surface area contributed by atoms with Gasteiger partial charge in [-0.25, -0.2) is 13.1 Å². The highest BCUT2D eigenvalue weighted by atomic mass is 32.2. The molecule has 0 bridgehead atoms. The lowest BCUT2D eigenvalue weighted by molar-refractivity contribution is 0.246. The van der Waals surface area contributed by atoms with Gasteiger partial charge in [0.1, 0.15) is 0 Å². The van der Waals surface area contributed by atoms with Gasteiger partial charge in [0, 0.05) is 0 Å². The summed E-state index contributed by atoms with van der Waals surface area (Å²) in [4.78, 5) is 0.287. The molecular formula is C11H15NO3S. The summed E-state index contributed by atoms with van der Waals surface area (Å²) >= 11 is 0. The molecule has 0 saturated heterocycles. The van der Waals surface area contributed by atoms with Crippen molar-refractivity contribution < 1.29 is 13.5 Å². The van der Waals surface area contributed by atoms with E-state index in [0.717, 1.165) is 0 Å². The van der Waals surface area contributed by atoms with Crippen LogP contribution in [0.1, 0.15) is 18.4 Å². The average molecular weight is 241 g/mol. The van der Waals surface area contributed by atoms with Crippen molar-refractivity contribution in [2.45, 2.75) is 30.2 Å². The van der Waals surface area contributed by atoms with E-state index in [4.69, 9.17) is 5.11 Å². The Morgan fingerprint density at radius 3 is 2.50 bits per heavy atom. The van der Waals surface area contributed by atoms with E-state index in [-0.39, 0.29) is 11.5 Å². The van der Waals surface area contributed by atoms with Crippen LogP contribution in [0.2, 0.25) is 0 Å². The Labute approximate surface area is 95.4 Å². The lowest BCUT2D eigenvalue weighted by Gasteiger charge is -2.15. The molecule has 16 heavy (non-hydrogen) atoms.